The van der Waals surface area contributed by atoms with Gasteiger partial charge in [-0.25, -0.2) is 0 Å². The summed E-state index contributed by atoms with van der Waals surface area (Å²) >= 11 is 0. The quantitative estimate of drug-likeness (QED) is 0.796. The third-order valence-corrected chi connectivity index (χ3v) is 3.08. The van der Waals surface area contributed by atoms with Crippen LogP contribution in [0.4, 0.5) is 0 Å². The monoisotopic (exact) mass is 278 g/mol. The van der Waals surface area contributed by atoms with Gasteiger partial charge >= 0.3 is 0 Å². The largest absolute Gasteiger partial charge is 0.369 e. The highest BCUT2D eigenvalue weighted by atomic mass is 35.5. The molecule has 0 aromatic heterocycles. The van der Waals surface area contributed by atoms with Crippen LogP contribution in [-0.4, -0.2) is 41.6 Å². The molecular formula is C13H27ClN2O2. The van der Waals surface area contributed by atoms with E-state index in [9.17, 15) is 4.79 Å². The summed E-state index contributed by atoms with van der Waals surface area (Å²) in [5.41, 5.74) is 5.53. The lowest BCUT2D eigenvalue weighted by atomic mass is 9.86. The smallest absolute Gasteiger partial charge is 0.240 e. The topological polar surface area (TPSA) is 55.6 Å². The van der Waals surface area contributed by atoms with Crippen LogP contribution in [0.5, 0.6) is 0 Å². The number of hydrogen-bond acceptors (Lipinski definition) is 3. The van der Waals surface area contributed by atoms with Crippen molar-refractivity contribution in [2.24, 2.45) is 11.1 Å². The summed E-state index contributed by atoms with van der Waals surface area (Å²) in [5, 5.41) is 0. The minimum absolute atomic E-state index is 0. The molecular weight excluding hydrogens is 252 g/mol. The van der Waals surface area contributed by atoms with Gasteiger partial charge in [0.2, 0.25) is 5.91 Å². The Morgan fingerprint density at radius 3 is 2.33 bits per heavy atom. The molecule has 0 radical (unpaired) electrons. The zero-order valence-electron chi connectivity index (χ0n) is 12.3. The SMILES string of the molecule is CC1CN(C(=O)[C@@H](N)C(C)(C)C)CC(C)(C)O1.Cl. The van der Waals surface area contributed by atoms with Crippen molar-refractivity contribution < 1.29 is 9.53 Å². The minimum Gasteiger partial charge on any atom is -0.369 e. The van der Waals surface area contributed by atoms with Crippen molar-refractivity contribution in [3.8, 4) is 0 Å². The van der Waals surface area contributed by atoms with E-state index >= 15 is 0 Å². The number of carbonyl (C=O) groups excluding carboxylic acids is 1. The highest BCUT2D eigenvalue weighted by molar-refractivity contribution is 5.85. The molecule has 0 spiro atoms. The molecule has 1 fully saturated rings. The van der Waals surface area contributed by atoms with Crippen LogP contribution in [0, 0.1) is 5.41 Å². The standard InChI is InChI=1S/C13H26N2O2.ClH/c1-9-7-15(8-13(5,6)17-9)11(16)10(14)12(2,3)4;/h9-10H,7-8,14H2,1-6H3;1H/t9?,10-;/m1./s1. The number of ether oxygens (including phenoxy) is 1. The van der Waals surface area contributed by atoms with E-state index < -0.39 is 6.04 Å². The van der Waals surface area contributed by atoms with Gasteiger partial charge in [-0.2, -0.15) is 0 Å². The molecule has 1 heterocycles. The van der Waals surface area contributed by atoms with Gasteiger partial charge in [-0.3, -0.25) is 4.79 Å². The van der Waals surface area contributed by atoms with Crippen LogP contribution in [-0.2, 0) is 9.53 Å². The van der Waals surface area contributed by atoms with Crippen LogP contribution in [0.15, 0.2) is 0 Å². The molecule has 0 aliphatic carbocycles. The van der Waals surface area contributed by atoms with Crippen LogP contribution < -0.4 is 5.73 Å². The molecule has 2 N–H and O–H groups in total. The van der Waals surface area contributed by atoms with Gasteiger partial charge in [-0.15, -0.1) is 12.4 Å². The lowest BCUT2D eigenvalue weighted by Gasteiger charge is -2.43. The summed E-state index contributed by atoms with van der Waals surface area (Å²) in [6, 6.07) is -0.455. The maximum Gasteiger partial charge on any atom is 0.240 e. The van der Waals surface area contributed by atoms with Gasteiger partial charge in [0.15, 0.2) is 0 Å². The second-order valence-corrected chi connectivity index (χ2v) is 6.75. The van der Waals surface area contributed by atoms with E-state index in [0.717, 1.165) is 0 Å². The fraction of sp³-hybridized carbons (Fsp3) is 0.923. The molecule has 2 atom stereocenters. The number of hydrogen-bond donors (Lipinski definition) is 1. The Morgan fingerprint density at radius 1 is 1.44 bits per heavy atom. The van der Waals surface area contributed by atoms with Gasteiger partial charge in [0.05, 0.1) is 17.7 Å². The second kappa shape index (κ2) is 5.76. The van der Waals surface area contributed by atoms with Crippen LogP contribution >= 0.6 is 12.4 Å². The molecule has 18 heavy (non-hydrogen) atoms. The van der Waals surface area contributed by atoms with E-state index in [2.05, 4.69) is 0 Å². The zero-order chi connectivity index (χ0) is 13.4. The third-order valence-electron chi connectivity index (χ3n) is 3.08. The Morgan fingerprint density at radius 2 is 1.94 bits per heavy atom. The van der Waals surface area contributed by atoms with Crippen LogP contribution in [0.2, 0.25) is 0 Å². The van der Waals surface area contributed by atoms with Gasteiger partial charge in [0.1, 0.15) is 0 Å². The maximum atomic E-state index is 12.3. The molecule has 1 aliphatic heterocycles. The van der Waals surface area contributed by atoms with Crippen molar-refractivity contribution in [1.29, 1.82) is 0 Å². The fourth-order valence-corrected chi connectivity index (χ4v) is 2.19. The van der Waals surface area contributed by atoms with Crippen LogP contribution in [0.3, 0.4) is 0 Å². The van der Waals surface area contributed by atoms with Crippen LogP contribution in [0.25, 0.3) is 0 Å². The molecule has 0 bridgehead atoms. The molecule has 1 unspecified atom stereocenters. The first kappa shape index (κ1) is 17.7. The Bertz CT molecular complexity index is 300. The number of rotatable bonds is 1. The number of morpholine rings is 1. The molecule has 0 aromatic carbocycles. The van der Waals surface area contributed by atoms with Gasteiger partial charge < -0.3 is 15.4 Å². The van der Waals surface area contributed by atoms with Gasteiger partial charge in [-0.05, 0) is 26.2 Å². The van der Waals surface area contributed by atoms with Crippen molar-refractivity contribution >= 4 is 18.3 Å². The summed E-state index contributed by atoms with van der Waals surface area (Å²) in [7, 11) is 0. The lowest BCUT2D eigenvalue weighted by molar-refractivity contribution is -0.161. The molecule has 1 amide bonds. The van der Waals surface area contributed by atoms with E-state index in [1.54, 1.807) is 0 Å². The molecule has 1 aliphatic rings. The predicted octanol–water partition coefficient (Wildman–Crippen LogP) is 1.81. The Kier molecular flexibility index (Phi) is 5.66. The van der Waals surface area contributed by atoms with Gasteiger partial charge in [-0.1, -0.05) is 20.8 Å². The summed E-state index contributed by atoms with van der Waals surface area (Å²) in [5.74, 6) is 0.0284. The Labute approximate surface area is 117 Å². The van der Waals surface area contributed by atoms with Crippen LogP contribution in [0.1, 0.15) is 41.5 Å². The Balaban J connectivity index is 0.00000289. The number of nitrogens with zero attached hydrogens (tertiary/aromatic N) is 1. The van der Waals surface area contributed by atoms with Crippen molar-refractivity contribution in [1.82, 2.24) is 4.90 Å². The number of nitrogens with two attached hydrogens (primary N) is 1. The minimum atomic E-state index is -0.455. The normalized spacial score (nSPS) is 25.3. The van der Waals surface area contributed by atoms with Gasteiger partial charge in [0, 0.05) is 13.1 Å². The van der Waals surface area contributed by atoms with E-state index in [0.29, 0.717) is 13.1 Å². The molecule has 0 aromatic rings. The van der Waals surface area contributed by atoms with Crippen molar-refractivity contribution in [2.45, 2.75) is 59.3 Å². The van der Waals surface area contributed by atoms with Gasteiger partial charge in [0.25, 0.3) is 0 Å². The maximum absolute atomic E-state index is 12.3. The highest BCUT2D eigenvalue weighted by Gasteiger charge is 2.38. The number of carbonyl (C=O) groups is 1. The average molecular weight is 279 g/mol. The molecule has 0 saturated carbocycles. The Hall–Kier alpha value is -0.320. The first-order chi connectivity index (χ1) is 7.53. The van der Waals surface area contributed by atoms with Crippen molar-refractivity contribution in [3.63, 3.8) is 0 Å². The second-order valence-electron chi connectivity index (χ2n) is 6.75. The van der Waals surface area contributed by atoms with E-state index in [1.165, 1.54) is 0 Å². The zero-order valence-corrected chi connectivity index (χ0v) is 13.1. The van der Waals surface area contributed by atoms with E-state index in [4.69, 9.17) is 10.5 Å². The molecule has 108 valence electrons. The summed E-state index contributed by atoms with van der Waals surface area (Å²) in [6.07, 6.45) is 0.0647. The number of amides is 1. The van der Waals surface area contributed by atoms with E-state index in [1.807, 2.05) is 46.4 Å². The molecule has 4 nitrogen and oxygen atoms in total. The lowest BCUT2D eigenvalue weighted by Crippen LogP contribution is -2.59. The molecule has 1 rings (SSSR count). The summed E-state index contributed by atoms with van der Waals surface area (Å²) in [6.45, 7) is 13.2. The van der Waals surface area contributed by atoms with Crippen molar-refractivity contribution in [2.75, 3.05) is 13.1 Å². The first-order valence-electron chi connectivity index (χ1n) is 6.25. The van der Waals surface area contributed by atoms with E-state index in [-0.39, 0.29) is 35.4 Å². The fourth-order valence-electron chi connectivity index (χ4n) is 2.19. The summed E-state index contributed by atoms with van der Waals surface area (Å²) < 4.78 is 5.78. The third kappa shape index (κ3) is 4.41. The highest BCUT2D eigenvalue weighted by Crippen LogP contribution is 2.24. The van der Waals surface area contributed by atoms with Crippen molar-refractivity contribution in [3.05, 3.63) is 0 Å². The first-order valence-corrected chi connectivity index (χ1v) is 6.25. The predicted molar refractivity (Wildman–Crippen MR) is 75.9 cm³/mol. The molecule has 1 saturated heterocycles. The summed E-state index contributed by atoms with van der Waals surface area (Å²) in [4.78, 5) is 14.2. The molecule has 5 heteroatoms. The average Bonchev–Trinajstić information content (AvgIpc) is 2.10. The number of halogens is 1.